The van der Waals surface area contributed by atoms with Crippen LogP contribution in [0, 0.1) is 0 Å². The highest BCUT2D eigenvalue weighted by atomic mass is 35.5. The molecule has 7 nitrogen and oxygen atoms in total. The number of ether oxygens (including phenoxy) is 1. The number of halogens is 1. The van der Waals surface area contributed by atoms with Crippen molar-refractivity contribution in [3.05, 3.63) is 29.3 Å². The number of benzene rings is 1. The predicted octanol–water partition coefficient (Wildman–Crippen LogP) is 0.692. The minimum Gasteiger partial charge on any atom is -0.439 e. The molecule has 3 rings (SSSR count). The van der Waals surface area contributed by atoms with Gasteiger partial charge in [-0.15, -0.1) is 0 Å². The Morgan fingerprint density at radius 2 is 1.76 bits per heavy atom. The van der Waals surface area contributed by atoms with Gasteiger partial charge >= 0.3 is 6.09 Å². The van der Waals surface area contributed by atoms with E-state index in [9.17, 15) is 18.0 Å². The van der Waals surface area contributed by atoms with Gasteiger partial charge < -0.3 is 4.74 Å². The van der Waals surface area contributed by atoms with Crippen LogP contribution in [-0.4, -0.2) is 55.4 Å². The maximum Gasteiger partial charge on any atom is 0.417 e. The van der Waals surface area contributed by atoms with Crippen LogP contribution in [0.15, 0.2) is 29.2 Å². The lowest BCUT2D eigenvalue weighted by Crippen LogP contribution is -2.62. The molecule has 0 bridgehead atoms. The number of nitrogens with zero attached hydrogens (tertiary/aromatic N) is 2. The molecule has 2 heterocycles. The highest BCUT2D eigenvalue weighted by Crippen LogP contribution is 2.26. The number of sulfonamides is 1. The van der Waals surface area contributed by atoms with Crippen LogP contribution >= 0.6 is 11.6 Å². The number of hydrogen-bond acceptors (Lipinski definition) is 5. The molecule has 0 atom stereocenters. The van der Waals surface area contributed by atoms with Crippen LogP contribution in [0.4, 0.5) is 4.79 Å². The van der Waals surface area contributed by atoms with Crippen molar-refractivity contribution in [1.29, 1.82) is 0 Å². The third-order valence-corrected chi connectivity index (χ3v) is 5.53. The van der Waals surface area contributed by atoms with E-state index in [2.05, 4.69) is 4.74 Å². The number of rotatable bonds is 3. The molecule has 0 aliphatic carbocycles. The molecule has 2 amide bonds. The summed E-state index contributed by atoms with van der Waals surface area (Å²) in [6.07, 6.45) is -0.714. The summed E-state index contributed by atoms with van der Waals surface area (Å²) >= 11 is 5.73. The maximum atomic E-state index is 12.3. The van der Waals surface area contributed by atoms with Gasteiger partial charge in [-0.05, 0) is 24.3 Å². The molecule has 0 spiro atoms. The van der Waals surface area contributed by atoms with Gasteiger partial charge in [0.2, 0.25) is 10.0 Å². The van der Waals surface area contributed by atoms with Crippen molar-refractivity contribution in [1.82, 2.24) is 9.21 Å². The van der Waals surface area contributed by atoms with E-state index in [-0.39, 0.29) is 24.6 Å². The van der Waals surface area contributed by atoms with Gasteiger partial charge in [0, 0.05) is 18.1 Å². The molecule has 2 saturated heterocycles. The first-order chi connectivity index (χ1) is 9.89. The van der Waals surface area contributed by atoms with Crippen LogP contribution in [0.1, 0.15) is 0 Å². The molecule has 1 aromatic rings. The number of carbonyl (C=O) groups excluding carboxylic acids is 2. The second-order valence-electron chi connectivity index (χ2n) is 4.75. The Bertz CT molecular complexity index is 681. The number of amides is 2. The SMILES string of the molecule is O=C1COC(=O)N1C1CN(S(=O)(=O)c2ccc(Cl)cc2)C1. The molecule has 0 unspecified atom stereocenters. The highest BCUT2D eigenvalue weighted by molar-refractivity contribution is 7.89. The van der Waals surface area contributed by atoms with E-state index in [4.69, 9.17) is 11.6 Å². The van der Waals surface area contributed by atoms with E-state index in [1.807, 2.05) is 0 Å². The van der Waals surface area contributed by atoms with Gasteiger partial charge in [0.05, 0.1) is 10.9 Å². The molecule has 1 aromatic carbocycles. The fourth-order valence-electron chi connectivity index (χ4n) is 2.25. The third kappa shape index (κ3) is 2.39. The lowest BCUT2D eigenvalue weighted by atomic mass is 10.1. The van der Waals surface area contributed by atoms with Gasteiger partial charge in [0.15, 0.2) is 6.61 Å². The molecule has 0 aromatic heterocycles. The van der Waals surface area contributed by atoms with Crippen molar-refractivity contribution >= 4 is 33.6 Å². The molecule has 0 N–H and O–H groups in total. The number of imide groups is 1. The van der Waals surface area contributed by atoms with Crippen LogP contribution in [0.5, 0.6) is 0 Å². The monoisotopic (exact) mass is 330 g/mol. The summed E-state index contributed by atoms with van der Waals surface area (Å²) < 4.78 is 30.4. The van der Waals surface area contributed by atoms with Gasteiger partial charge in [-0.1, -0.05) is 11.6 Å². The van der Waals surface area contributed by atoms with Crippen LogP contribution in [0.3, 0.4) is 0 Å². The van der Waals surface area contributed by atoms with Gasteiger partial charge in [0.1, 0.15) is 0 Å². The standard InChI is InChI=1S/C12H11ClN2O5S/c13-8-1-3-10(4-2-8)21(18,19)14-5-9(6-14)15-11(16)7-20-12(15)17/h1-4,9H,5-7H2. The molecule has 2 aliphatic heterocycles. The predicted molar refractivity (Wildman–Crippen MR) is 72.2 cm³/mol. The van der Waals surface area contributed by atoms with Gasteiger partial charge in [0.25, 0.3) is 5.91 Å². The van der Waals surface area contributed by atoms with E-state index in [1.165, 1.54) is 28.6 Å². The van der Waals surface area contributed by atoms with E-state index >= 15 is 0 Å². The molecule has 9 heteroatoms. The average molecular weight is 331 g/mol. The van der Waals surface area contributed by atoms with Gasteiger partial charge in [-0.3, -0.25) is 4.79 Å². The van der Waals surface area contributed by atoms with Crippen LogP contribution in [0.25, 0.3) is 0 Å². The Labute approximate surface area is 126 Å². The first-order valence-corrected chi connectivity index (χ1v) is 7.96. The Balaban J connectivity index is 1.72. The molecular formula is C12H11ClN2O5S. The lowest BCUT2D eigenvalue weighted by Gasteiger charge is -2.40. The minimum atomic E-state index is -3.63. The number of hydrogen-bond donors (Lipinski definition) is 0. The van der Waals surface area contributed by atoms with Crippen molar-refractivity contribution in [2.45, 2.75) is 10.9 Å². The van der Waals surface area contributed by atoms with E-state index < -0.39 is 28.1 Å². The summed E-state index contributed by atoms with van der Waals surface area (Å²) in [5, 5.41) is 0.445. The Kier molecular flexibility index (Phi) is 3.39. The number of cyclic esters (lactones) is 1. The molecule has 0 radical (unpaired) electrons. The second kappa shape index (κ2) is 4.97. The molecule has 0 saturated carbocycles. The highest BCUT2D eigenvalue weighted by Gasteiger charge is 2.46. The summed E-state index contributed by atoms with van der Waals surface area (Å²) in [5.41, 5.74) is 0. The van der Waals surface area contributed by atoms with E-state index in [1.54, 1.807) is 0 Å². The summed E-state index contributed by atoms with van der Waals surface area (Å²) in [4.78, 5) is 24.0. The zero-order valence-corrected chi connectivity index (χ0v) is 12.3. The summed E-state index contributed by atoms with van der Waals surface area (Å²) in [6.45, 7) is -0.128. The zero-order chi connectivity index (χ0) is 15.2. The fourth-order valence-corrected chi connectivity index (χ4v) is 3.89. The Hall–Kier alpha value is -1.64. The second-order valence-corrected chi connectivity index (χ2v) is 7.12. The fraction of sp³-hybridized carbons (Fsp3) is 0.333. The maximum absolute atomic E-state index is 12.3. The van der Waals surface area contributed by atoms with Crippen molar-refractivity contribution < 1.29 is 22.7 Å². The quantitative estimate of drug-likeness (QED) is 0.814. The molecule has 2 aliphatic rings. The summed E-state index contributed by atoms with van der Waals surface area (Å²) in [6, 6.07) is 5.36. The minimum absolute atomic E-state index is 0.0752. The largest absolute Gasteiger partial charge is 0.439 e. The van der Waals surface area contributed by atoms with Crippen LogP contribution in [0.2, 0.25) is 5.02 Å². The summed E-state index contributed by atoms with van der Waals surface area (Å²) in [5.74, 6) is -0.437. The van der Waals surface area contributed by atoms with Crippen LogP contribution in [-0.2, 0) is 19.6 Å². The smallest absolute Gasteiger partial charge is 0.417 e. The van der Waals surface area contributed by atoms with E-state index in [0.717, 1.165) is 4.90 Å². The van der Waals surface area contributed by atoms with Crippen LogP contribution < -0.4 is 0 Å². The van der Waals surface area contributed by atoms with Crippen molar-refractivity contribution in [2.24, 2.45) is 0 Å². The van der Waals surface area contributed by atoms with Crippen molar-refractivity contribution in [3.63, 3.8) is 0 Å². The lowest BCUT2D eigenvalue weighted by molar-refractivity contribution is -0.128. The van der Waals surface area contributed by atoms with E-state index in [0.29, 0.717) is 5.02 Å². The molecule has 2 fully saturated rings. The molecular weight excluding hydrogens is 320 g/mol. The zero-order valence-electron chi connectivity index (χ0n) is 10.7. The first-order valence-electron chi connectivity index (χ1n) is 6.14. The first kappa shape index (κ1) is 14.3. The normalized spacial score (nSPS) is 20.5. The summed E-state index contributed by atoms with van der Waals surface area (Å²) in [7, 11) is -3.63. The average Bonchev–Trinajstić information content (AvgIpc) is 2.69. The van der Waals surface area contributed by atoms with Crippen molar-refractivity contribution in [2.75, 3.05) is 19.7 Å². The Morgan fingerprint density at radius 3 is 2.29 bits per heavy atom. The van der Waals surface area contributed by atoms with Gasteiger partial charge in [-0.2, -0.15) is 4.31 Å². The molecule has 112 valence electrons. The number of carbonyl (C=O) groups is 2. The molecule has 21 heavy (non-hydrogen) atoms. The topological polar surface area (TPSA) is 84.0 Å². The Morgan fingerprint density at radius 1 is 1.14 bits per heavy atom. The third-order valence-electron chi connectivity index (χ3n) is 3.43. The van der Waals surface area contributed by atoms with Gasteiger partial charge in [-0.25, -0.2) is 18.1 Å². The van der Waals surface area contributed by atoms with Crippen molar-refractivity contribution in [3.8, 4) is 0 Å².